The van der Waals surface area contributed by atoms with E-state index < -0.39 is 0 Å². The van der Waals surface area contributed by atoms with Crippen LogP contribution in [0.1, 0.15) is 31.2 Å². The van der Waals surface area contributed by atoms with Gasteiger partial charge in [-0.05, 0) is 50.1 Å². The van der Waals surface area contributed by atoms with E-state index in [0.717, 1.165) is 6.42 Å². The predicted molar refractivity (Wildman–Crippen MR) is 82.9 cm³/mol. The number of hydrogen-bond donors (Lipinski definition) is 0. The van der Waals surface area contributed by atoms with Gasteiger partial charge < -0.3 is 9.64 Å². The van der Waals surface area contributed by atoms with Crippen LogP contribution in [0.2, 0.25) is 0 Å². The molecular formula is C18H25NO2. The first-order chi connectivity index (χ1) is 10.2. The van der Waals surface area contributed by atoms with Crippen molar-refractivity contribution in [3.8, 4) is 0 Å². The van der Waals surface area contributed by atoms with Crippen LogP contribution in [-0.4, -0.2) is 37.1 Å². The SMILES string of the molecule is COC(=O)C[C@H]1[C@@H](Cc2ccccc2)C[C@H]2CC[C@@H]1N2C. The molecule has 2 bridgehead atoms. The van der Waals surface area contributed by atoms with Crippen molar-refractivity contribution in [2.45, 2.75) is 44.2 Å². The van der Waals surface area contributed by atoms with Gasteiger partial charge >= 0.3 is 5.97 Å². The molecule has 21 heavy (non-hydrogen) atoms. The zero-order chi connectivity index (χ0) is 14.8. The fourth-order valence-electron chi connectivity index (χ4n) is 4.41. The molecule has 0 N–H and O–H groups in total. The summed E-state index contributed by atoms with van der Waals surface area (Å²) in [5, 5.41) is 0. The molecule has 2 saturated heterocycles. The first-order valence-electron chi connectivity index (χ1n) is 8.01. The Kier molecular flexibility index (Phi) is 4.29. The van der Waals surface area contributed by atoms with Crippen LogP contribution in [0.4, 0.5) is 0 Å². The van der Waals surface area contributed by atoms with Gasteiger partial charge in [0.2, 0.25) is 0 Å². The lowest BCUT2D eigenvalue weighted by Crippen LogP contribution is -2.47. The highest BCUT2D eigenvalue weighted by atomic mass is 16.5. The normalized spacial score (nSPS) is 32.1. The van der Waals surface area contributed by atoms with Crippen molar-refractivity contribution >= 4 is 5.97 Å². The molecule has 0 spiro atoms. The molecule has 1 aromatic rings. The first kappa shape index (κ1) is 14.6. The summed E-state index contributed by atoms with van der Waals surface area (Å²) in [6, 6.07) is 11.9. The van der Waals surface area contributed by atoms with Gasteiger partial charge in [-0.3, -0.25) is 4.79 Å². The standard InChI is InChI=1S/C18H25NO2/c1-19-15-8-9-17(19)16(12-18(20)21-2)14(11-15)10-13-6-4-3-5-7-13/h3-7,14-17H,8-12H2,1-2H3/t14-,15+,16-,17-/m0/s1. The monoisotopic (exact) mass is 287 g/mol. The molecule has 0 aromatic heterocycles. The smallest absolute Gasteiger partial charge is 0.305 e. The number of ether oxygens (including phenoxy) is 1. The molecule has 0 saturated carbocycles. The summed E-state index contributed by atoms with van der Waals surface area (Å²) in [5.74, 6) is 0.971. The summed E-state index contributed by atoms with van der Waals surface area (Å²) in [7, 11) is 3.73. The summed E-state index contributed by atoms with van der Waals surface area (Å²) in [4.78, 5) is 14.3. The Morgan fingerprint density at radius 2 is 2.05 bits per heavy atom. The van der Waals surface area contributed by atoms with Gasteiger partial charge in [0.05, 0.1) is 13.5 Å². The van der Waals surface area contributed by atoms with E-state index in [1.165, 1.54) is 31.9 Å². The van der Waals surface area contributed by atoms with E-state index in [4.69, 9.17) is 4.74 Å². The molecule has 2 aliphatic heterocycles. The quantitative estimate of drug-likeness (QED) is 0.798. The van der Waals surface area contributed by atoms with Crippen LogP contribution in [0, 0.1) is 11.8 Å². The van der Waals surface area contributed by atoms with Gasteiger partial charge in [-0.25, -0.2) is 0 Å². The lowest BCUT2D eigenvalue weighted by atomic mass is 9.75. The van der Waals surface area contributed by atoms with Gasteiger partial charge in [0, 0.05) is 12.1 Å². The zero-order valence-electron chi connectivity index (χ0n) is 13.0. The molecule has 2 aliphatic rings. The molecule has 114 valence electrons. The molecule has 0 aliphatic carbocycles. The Balaban J connectivity index is 1.77. The average molecular weight is 287 g/mol. The molecule has 0 radical (unpaired) electrons. The minimum Gasteiger partial charge on any atom is -0.469 e. The van der Waals surface area contributed by atoms with Crippen molar-refractivity contribution in [1.82, 2.24) is 4.90 Å². The maximum absolute atomic E-state index is 11.8. The van der Waals surface area contributed by atoms with Gasteiger partial charge in [-0.15, -0.1) is 0 Å². The summed E-state index contributed by atoms with van der Waals surface area (Å²) in [6.45, 7) is 0. The van der Waals surface area contributed by atoms with Crippen LogP contribution < -0.4 is 0 Å². The number of fused-ring (bicyclic) bond motifs is 2. The Bertz CT molecular complexity index is 487. The largest absolute Gasteiger partial charge is 0.469 e. The molecule has 0 amide bonds. The van der Waals surface area contributed by atoms with Crippen LogP contribution in [0.25, 0.3) is 0 Å². The van der Waals surface area contributed by atoms with Crippen molar-refractivity contribution in [3.63, 3.8) is 0 Å². The van der Waals surface area contributed by atoms with E-state index in [9.17, 15) is 4.79 Å². The molecular weight excluding hydrogens is 262 g/mol. The van der Waals surface area contributed by atoms with Crippen LogP contribution >= 0.6 is 0 Å². The number of nitrogens with zero attached hydrogens (tertiary/aromatic N) is 1. The third-order valence-electron chi connectivity index (χ3n) is 5.54. The summed E-state index contributed by atoms with van der Waals surface area (Å²) in [5.41, 5.74) is 1.39. The summed E-state index contributed by atoms with van der Waals surface area (Å²) in [6.07, 6.45) is 5.38. The van der Waals surface area contributed by atoms with Gasteiger partial charge in [0.15, 0.2) is 0 Å². The summed E-state index contributed by atoms with van der Waals surface area (Å²) < 4.78 is 4.94. The number of carbonyl (C=O) groups excluding carboxylic acids is 1. The first-order valence-corrected chi connectivity index (χ1v) is 8.01. The van der Waals surface area contributed by atoms with Crippen molar-refractivity contribution in [1.29, 1.82) is 0 Å². The third kappa shape index (κ3) is 2.98. The topological polar surface area (TPSA) is 29.5 Å². The van der Waals surface area contributed by atoms with Gasteiger partial charge in [0.1, 0.15) is 0 Å². The van der Waals surface area contributed by atoms with Crippen LogP contribution in [0.5, 0.6) is 0 Å². The second-order valence-electron chi connectivity index (χ2n) is 6.59. The van der Waals surface area contributed by atoms with E-state index in [-0.39, 0.29) is 5.97 Å². The number of piperidine rings is 1. The number of rotatable bonds is 4. The summed E-state index contributed by atoms with van der Waals surface area (Å²) >= 11 is 0. The molecule has 1 aromatic carbocycles. The van der Waals surface area contributed by atoms with E-state index in [2.05, 4.69) is 42.3 Å². The van der Waals surface area contributed by atoms with Crippen molar-refractivity contribution < 1.29 is 9.53 Å². The molecule has 3 nitrogen and oxygen atoms in total. The third-order valence-corrected chi connectivity index (χ3v) is 5.54. The maximum atomic E-state index is 11.8. The van der Waals surface area contributed by atoms with Crippen LogP contribution in [0.15, 0.2) is 30.3 Å². The number of carbonyl (C=O) groups is 1. The van der Waals surface area contributed by atoms with Crippen molar-refractivity contribution in [2.75, 3.05) is 14.2 Å². The molecule has 3 heteroatoms. The highest BCUT2D eigenvalue weighted by molar-refractivity contribution is 5.69. The average Bonchev–Trinajstić information content (AvgIpc) is 2.75. The molecule has 3 rings (SSSR count). The Morgan fingerprint density at radius 1 is 1.29 bits per heavy atom. The Morgan fingerprint density at radius 3 is 2.76 bits per heavy atom. The number of benzene rings is 1. The highest BCUT2D eigenvalue weighted by Crippen LogP contribution is 2.44. The number of hydrogen-bond acceptors (Lipinski definition) is 3. The number of methoxy groups -OCH3 is 1. The Labute approximate surface area is 127 Å². The maximum Gasteiger partial charge on any atom is 0.305 e. The van der Waals surface area contributed by atoms with E-state index in [0.29, 0.717) is 30.3 Å². The van der Waals surface area contributed by atoms with E-state index in [1.54, 1.807) is 0 Å². The zero-order valence-corrected chi connectivity index (χ0v) is 13.0. The lowest BCUT2D eigenvalue weighted by molar-refractivity contribution is -0.143. The number of esters is 1. The second kappa shape index (κ2) is 6.18. The fraction of sp³-hybridized carbons (Fsp3) is 0.611. The Hall–Kier alpha value is -1.35. The molecule has 0 unspecified atom stereocenters. The predicted octanol–water partition coefficient (Wildman–Crippen LogP) is 2.89. The fourth-order valence-corrected chi connectivity index (χ4v) is 4.41. The molecule has 4 atom stereocenters. The van der Waals surface area contributed by atoms with Crippen molar-refractivity contribution in [2.24, 2.45) is 11.8 Å². The second-order valence-corrected chi connectivity index (χ2v) is 6.59. The van der Waals surface area contributed by atoms with Crippen LogP contribution in [-0.2, 0) is 16.0 Å². The van der Waals surface area contributed by atoms with Crippen LogP contribution in [0.3, 0.4) is 0 Å². The minimum absolute atomic E-state index is 0.0585. The minimum atomic E-state index is -0.0585. The van der Waals surface area contributed by atoms with E-state index >= 15 is 0 Å². The molecule has 2 heterocycles. The van der Waals surface area contributed by atoms with Gasteiger partial charge in [-0.2, -0.15) is 0 Å². The van der Waals surface area contributed by atoms with Gasteiger partial charge in [-0.1, -0.05) is 30.3 Å². The molecule has 2 fully saturated rings. The highest BCUT2D eigenvalue weighted by Gasteiger charge is 2.45. The lowest BCUT2D eigenvalue weighted by Gasteiger charge is -2.43. The van der Waals surface area contributed by atoms with Crippen molar-refractivity contribution in [3.05, 3.63) is 35.9 Å². The van der Waals surface area contributed by atoms with E-state index in [1.807, 2.05) is 0 Å². The van der Waals surface area contributed by atoms with Gasteiger partial charge in [0.25, 0.3) is 0 Å².